The van der Waals surface area contributed by atoms with Crippen LogP contribution in [0.1, 0.15) is 24.3 Å². The summed E-state index contributed by atoms with van der Waals surface area (Å²) < 4.78 is 0. The first kappa shape index (κ1) is 18.5. The number of amides is 2. The molecule has 9 heteroatoms. The maximum Gasteiger partial charge on any atom is 0.228 e. The molecule has 3 rings (SSSR count). The van der Waals surface area contributed by atoms with Crippen LogP contribution in [0.3, 0.4) is 0 Å². The molecule has 2 aromatic heterocycles. The zero-order chi connectivity index (χ0) is 18.5. The number of carbonyl (C=O) groups excluding carboxylic acids is 2. The van der Waals surface area contributed by atoms with Crippen molar-refractivity contribution in [3.05, 3.63) is 51.7 Å². The van der Waals surface area contributed by atoms with E-state index in [9.17, 15) is 9.59 Å². The lowest BCUT2D eigenvalue weighted by molar-refractivity contribution is -0.120. The largest absolute Gasteiger partial charge is 0.348 e. The molecule has 26 heavy (non-hydrogen) atoms. The van der Waals surface area contributed by atoms with Crippen LogP contribution in [0.15, 0.2) is 41.8 Å². The van der Waals surface area contributed by atoms with E-state index >= 15 is 0 Å². The molecule has 2 amide bonds. The Morgan fingerprint density at radius 2 is 2.00 bits per heavy atom. The molecule has 0 saturated heterocycles. The van der Waals surface area contributed by atoms with Crippen molar-refractivity contribution in [1.82, 2.24) is 15.5 Å². The van der Waals surface area contributed by atoms with Gasteiger partial charge in [0.1, 0.15) is 0 Å². The van der Waals surface area contributed by atoms with E-state index in [2.05, 4.69) is 20.8 Å². The second kappa shape index (κ2) is 8.39. The second-order valence-corrected chi connectivity index (χ2v) is 7.78. The standard InChI is InChI=1S/C17H15ClN4O2S2/c1-10(23)19-13(14-7-4-8-25-14)9-15(24)20-17-22-21-16(26-17)11-5-2-3-6-12(11)18/h2-8,13H,9H2,1H3,(H,19,23)(H,20,22,24). The number of nitrogens with one attached hydrogen (secondary N) is 2. The number of hydrogen-bond donors (Lipinski definition) is 2. The van der Waals surface area contributed by atoms with Crippen LogP contribution < -0.4 is 10.6 Å². The molecule has 0 radical (unpaired) electrons. The van der Waals surface area contributed by atoms with Crippen molar-refractivity contribution in [1.29, 1.82) is 0 Å². The molecular formula is C17H15ClN4O2S2. The summed E-state index contributed by atoms with van der Waals surface area (Å²) in [6, 6.07) is 10.7. The zero-order valence-corrected chi connectivity index (χ0v) is 16.1. The second-order valence-electron chi connectivity index (χ2n) is 5.41. The van der Waals surface area contributed by atoms with Crippen molar-refractivity contribution in [2.75, 3.05) is 5.32 Å². The molecular weight excluding hydrogens is 392 g/mol. The van der Waals surface area contributed by atoms with Gasteiger partial charge in [-0.3, -0.25) is 9.59 Å². The van der Waals surface area contributed by atoms with Crippen LogP contribution in [-0.4, -0.2) is 22.0 Å². The molecule has 0 saturated carbocycles. The summed E-state index contributed by atoms with van der Waals surface area (Å²) in [5.41, 5.74) is 0.766. The molecule has 0 aliphatic heterocycles. The Morgan fingerprint density at radius 3 is 2.69 bits per heavy atom. The normalized spacial score (nSPS) is 11.8. The topological polar surface area (TPSA) is 84.0 Å². The number of rotatable bonds is 6. The van der Waals surface area contributed by atoms with Gasteiger partial charge in [-0.1, -0.05) is 47.2 Å². The molecule has 0 aliphatic carbocycles. The van der Waals surface area contributed by atoms with Gasteiger partial charge in [0.15, 0.2) is 5.01 Å². The fourth-order valence-electron chi connectivity index (χ4n) is 2.33. The molecule has 0 bridgehead atoms. The predicted molar refractivity (Wildman–Crippen MR) is 104 cm³/mol. The summed E-state index contributed by atoms with van der Waals surface area (Å²) >= 11 is 8.89. The third-order valence-corrected chi connectivity index (χ3v) is 5.62. The van der Waals surface area contributed by atoms with Crippen molar-refractivity contribution >= 4 is 51.2 Å². The Morgan fingerprint density at radius 1 is 1.19 bits per heavy atom. The van der Waals surface area contributed by atoms with E-state index in [0.717, 1.165) is 10.4 Å². The molecule has 1 atom stereocenters. The Hall–Kier alpha value is -2.29. The van der Waals surface area contributed by atoms with Gasteiger partial charge in [-0.05, 0) is 17.5 Å². The lowest BCUT2D eigenvalue weighted by Gasteiger charge is -2.15. The van der Waals surface area contributed by atoms with E-state index in [0.29, 0.717) is 15.2 Å². The quantitative estimate of drug-likeness (QED) is 0.644. The Balaban J connectivity index is 1.68. The van der Waals surface area contributed by atoms with Crippen molar-refractivity contribution in [2.24, 2.45) is 0 Å². The van der Waals surface area contributed by atoms with Gasteiger partial charge in [0.25, 0.3) is 0 Å². The van der Waals surface area contributed by atoms with Crippen molar-refractivity contribution in [3.8, 4) is 10.6 Å². The van der Waals surface area contributed by atoms with Gasteiger partial charge in [0.2, 0.25) is 16.9 Å². The number of aromatic nitrogens is 2. The van der Waals surface area contributed by atoms with Gasteiger partial charge in [-0.15, -0.1) is 21.5 Å². The highest BCUT2D eigenvalue weighted by Gasteiger charge is 2.19. The number of anilines is 1. The van der Waals surface area contributed by atoms with Gasteiger partial charge in [-0.25, -0.2) is 0 Å². The summed E-state index contributed by atoms with van der Waals surface area (Å²) in [5, 5.41) is 17.1. The average molecular weight is 407 g/mol. The first-order valence-corrected chi connectivity index (χ1v) is 9.79. The molecule has 0 aliphatic rings. The highest BCUT2D eigenvalue weighted by atomic mass is 35.5. The SMILES string of the molecule is CC(=O)NC(CC(=O)Nc1nnc(-c2ccccc2Cl)s1)c1cccs1. The van der Waals surface area contributed by atoms with Crippen molar-refractivity contribution < 1.29 is 9.59 Å². The Bertz CT molecular complexity index is 911. The minimum absolute atomic E-state index is 0.112. The molecule has 1 aromatic carbocycles. The molecule has 0 spiro atoms. The number of nitrogens with zero attached hydrogens (tertiary/aromatic N) is 2. The zero-order valence-electron chi connectivity index (χ0n) is 13.7. The van der Waals surface area contributed by atoms with Gasteiger partial charge >= 0.3 is 0 Å². The van der Waals surface area contributed by atoms with Gasteiger partial charge in [-0.2, -0.15) is 0 Å². The molecule has 2 heterocycles. The molecule has 3 aromatic rings. The number of carbonyl (C=O) groups is 2. The van der Waals surface area contributed by atoms with Crippen LogP contribution in [0.5, 0.6) is 0 Å². The van der Waals surface area contributed by atoms with Gasteiger partial charge in [0, 0.05) is 17.4 Å². The minimum Gasteiger partial charge on any atom is -0.348 e. The van der Waals surface area contributed by atoms with Gasteiger partial charge in [0.05, 0.1) is 17.5 Å². The van der Waals surface area contributed by atoms with E-state index in [-0.39, 0.29) is 24.3 Å². The fourth-order valence-corrected chi connectivity index (χ4v) is 4.19. The minimum atomic E-state index is -0.372. The fraction of sp³-hybridized carbons (Fsp3) is 0.176. The lowest BCUT2D eigenvalue weighted by atomic mass is 10.1. The van der Waals surface area contributed by atoms with E-state index in [1.54, 1.807) is 6.07 Å². The predicted octanol–water partition coefficient (Wildman–Crippen LogP) is 4.13. The highest BCUT2D eigenvalue weighted by Crippen LogP contribution is 2.32. The first-order chi connectivity index (χ1) is 12.5. The smallest absolute Gasteiger partial charge is 0.228 e. The molecule has 6 nitrogen and oxygen atoms in total. The number of thiophene rings is 1. The van der Waals surface area contributed by atoms with Crippen LogP contribution in [0.25, 0.3) is 10.6 Å². The number of hydrogen-bond acceptors (Lipinski definition) is 6. The van der Waals surface area contributed by atoms with Crippen molar-refractivity contribution in [3.63, 3.8) is 0 Å². The highest BCUT2D eigenvalue weighted by molar-refractivity contribution is 7.18. The van der Waals surface area contributed by atoms with Crippen LogP contribution in [0.4, 0.5) is 5.13 Å². The molecule has 2 N–H and O–H groups in total. The van der Waals surface area contributed by atoms with Gasteiger partial charge < -0.3 is 10.6 Å². The summed E-state index contributed by atoms with van der Waals surface area (Å²) in [6.07, 6.45) is 0.112. The summed E-state index contributed by atoms with van der Waals surface area (Å²) in [7, 11) is 0. The summed E-state index contributed by atoms with van der Waals surface area (Å²) in [4.78, 5) is 24.7. The van der Waals surface area contributed by atoms with Crippen LogP contribution in [-0.2, 0) is 9.59 Å². The summed E-state index contributed by atoms with van der Waals surface area (Å²) in [5.74, 6) is -0.438. The van der Waals surface area contributed by atoms with Crippen LogP contribution in [0.2, 0.25) is 5.02 Å². The van der Waals surface area contributed by atoms with Crippen molar-refractivity contribution in [2.45, 2.75) is 19.4 Å². The van der Waals surface area contributed by atoms with Crippen LogP contribution >= 0.6 is 34.3 Å². The van der Waals surface area contributed by atoms with E-state index in [1.165, 1.54) is 29.6 Å². The van der Waals surface area contributed by atoms with Crippen LogP contribution in [0, 0.1) is 0 Å². The maximum atomic E-state index is 12.4. The van der Waals surface area contributed by atoms with E-state index in [1.807, 2.05) is 35.7 Å². The van der Waals surface area contributed by atoms with E-state index in [4.69, 9.17) is 11.6 Å². The average Bonchev–Trinajstić information content (AvgIpc) is 3.26. The lowest BCUT2D eigenvalue weighted by Crippen LogP contribution is -2.29. The maximum absolute atomic E-state index is 12.4. The first-order valence-electron chi connectivity index (χ1n) is 7.71. The van der Waals surface area contributed by atoms with E-state index < -0.39 is 0 Å². The Labute approximate surface area is 163 Å². The monoisotopic (exact) mass is 406 g/mol. The molecule has 0 fully saturated rings. The number of halogens is 1. The third kappa shape index (κ3) is 4.66. The summed E-state index contributed by atoms with van der Waals surface area (Å²) in [6.45, 7) is 1.43. The Kier molecular flexibility index (Phi) is 5.97. The number of benzene rings is 1. The third-order valence-electron chi connectivity index (χ3n) is 3.43. The molecule has 134 valence electrons. The molecule has 1 unspecified atom stereocenters.